The lowest BCUT2D eigenvalue weighted by atomic mass is 10.1. The highest BCUT2D eigenvalue weighted by Gasteiger charge is 2.23. The molecule has 0 bridgehead atoms. The van der Waals surface area contributed by atoms with Gasteiger partial charge in [0, 0.05) is 57.1 Å². The predicted octanol–water partition coefficient (Wildman–Crippen LogP) is 2.70. The van der Waals surface area contributed by atoms with Gasteiger partial charge in [0.2, 0.25) is 11.8 Å². The Balaban J connectivity index is 1.43. The van der Waals surface area contributed by atoms with E-state index >= 15 is 0 Å². The zero-order valence-electron chi connectivity index (χ0n) is 18.9. The molecular weight excluding hydrogens is 410 g/mol. The second-order valence-electron chi connectivity index (χ2n) is 8.36. The molecule has 1 N–H and O–H groups in total. The van der Waals surface area contributed by atoms with Gasteiger partial charge in [0.05, 0.1) is 12.1 Å². The third kappa shape index (κ3) is 6.28. The fraction of sp³-hybridized carbons (Fsp3) is 0.696. The molecule has 7 nitrogen and oxygen atoms in total. The molecule has 2 heterocycles. The molecule has 1 aromatic rings. The molecule has 31 heavy (non-hydrogen) atoms. The lowest BCUT2D eigenvalue weighted by Crippen LogP contribution is -2.50. The minimum Gasteiger partial charge on any atom is -0.342 e. The molecule has 1 aliphatic carbocycles. The summed E-state index contributed by atoms with van der Waals surface area (Å²) in [6.07, 6.45) is 5.89. The quantitative estimate of drug-likeness (QED) is 0.623. The van der Waals surface area contributed by atoms with Crippen LogP contribution in [0.15, 0.2) is 0 Å². The summed E-state index contributed by atoms with van der Waals surface area (Å²) < 4.78 is 0. The summed E-state index contributed by atoms with van der Waals surface area (Å²) in [5.41, 5.74) is 1.84. The highest BCUT2D eigenvalue weighted by Crippen LogP contribution is 2.37. The summed E-state index contributed by atoms with van der Waals surface area (Å²) in [6, 6.07) is 2.33. The average molecular weight is 446 g/mol. The van der Waals surface area contributed by atoms with Crippen LogP contribution < -0.4 is 5.32 Å². The van der Waals surface area contributed by atoms with E-state index in [1.807, 2.05) is 18.7 Å². The number of rotatable bonds is 8. The molecule has 0 radical (unpaired) electrons. The Morgan fingerprint density at radius 1 is 1.06 bits per heavy atom. The summed E-state index contributed by atoms with van der Waals surface area (Å²) in [5.74, 6) is 0.174. The molecule has 1 saturated heterocycles. The Labute approximate surface area is 190 Å². The predicted molar refractivity (Wildman–Crippen MR) is 124 cm³/mol. The number of carbonyl (C=O) groups is 2. The number of amides is 2. The van der Waals surface area contributed by atoms with E-state index in [0.29, 0.717) is 25.1 Å². The van der Waals surface area contributed by atoms with E-state index in [1.54, 1.807) is 11.3 Å². The number of thiophene rings is 1. The normalized spacial score (nSPS) is 17.5. The van der Waals surface area contributed by atoms with Gasteiger partial charge in [-0.1, -0.05) is 6.42 Å². The van der Waals surface area contributed by atoms with Crippen LogP contribution in [0.25, 0.3) is 0 Å². The van der Waals surface area contributed by atoms with Crippen LogP contribution in [0, 0.1) is 11.3 Å². The van der Waals surface area contributed by atoms with E-state index in [0.717, 1.165) is 75.5 Å². The van der Waals surface area contributed by atoms with Crippen molar-refractivity contribution < 1.29 is 9.59 Å². The number of likely N-dealkylation sites (N-methyl/N-ethyl adjacent to an activating group) is 1. The molecule has 1 fully saturated rings. The van der Waals surface area contributed by atoms with Crippen molar-refractivity contribution in [1.82, 2.24) is 14.7 Å². The Morgan fingerprint density at radius 3 is 2.42 bits per heavy atom. The number of hydrogen-bond donors (Lipinski definition) is 1. The van der Waals surface area contributed by atoms with Crippen LogP contribution in [0.4, 0.5) is 5.00 Å². The van der Waals surface area contributed by atoms with Crippen LogP contribution in [0.1, 0.15) is 55.5 Å². The number of anilines is 1. The molecule has 2 amide bonds. The Kier molecular flexibility index (Phi) is 8.88. The SMILES string of the molecule is CCN(CC)C(=O)CN1CCN(CCC(=O)Nc2sc3c(c2C#N)CCCCC3)CC1. The zero-order chi connectivity index (χ0) is 22.2. The van der Waals surface area contributed by atoms with E-state index < -0.39 is 0 Å². The number of nitrogens with zero attached hydrogens (tertiary/aromatic N) is 4. The van der Waals surface area contributed by atoms with Gasteiger partial charge in [-0.15, -0.1) is 11.3 Å². The first-order chi connectivity index (χ1) is 15.0. The minimum atomic E-state index is -0.0212. The van der Waals surface area contributed by atoms with Gasteiger partial charge >= 0.3 is 0 Å². The second-order valence-corrected chi connectivity index (χ2v) is 9.47. The number of nitrogens with one attached hydrogen (secondary N) is 1. The van der Waals surface area contributed by atoms with Crippen molar-refractivity contribution in [2.45, 2.75) is 52.4 Å². The molecule has 1 aromatic heterocycles. The molecule has 0 aromatic carbocycles. The second kappa shape index (κ2) is 11.6. The Bertz CT molecular complexity index is 804. The zero-order valence-corrected chi connectivity index (χ0v) is 19.7. The summed E-state index contributed by atoms with van der Waals surface area (Å²) in [7, 11) is 0. The van der Waals surface area contributed by atoms with E-state index in [4.69, 9.17) is 0 Å². The molecule has 2 aliphatic rings. The average Bonchev–Trinajstić information content (AvgIpc) is 2.92. The van der Waals surface area contributed by atoms with Gasteiger partial charge in [0.15, 0.2) is 0 Å². The molecule has 8 heteroatoms. The van der Waals surface area contributed by atoms with Crippen molar-refractivity contribution in [3.63, 3.8) is 0 Å². The van der Waals surface area contributed by atoms with Crippen molar-refractivity contribution >= 4 is 28.2 Å². The first-order valence-corrected chi connectivity index (χ1v) is 12.4. The molecule has 1 aliphatic heterocycles. The van der Waals surface area contributed by atoms with Crippen molar-refractivity contribution in [1.29, 1.82) is 5.26 Å². The molecule has 0 unspecified atom stereocenters. The molecule has 170 valence electrons. The molecule has 0 spiro atoms. The van der Waals surface area contributed by atoms with Gasteiger partial charge in [-0.3, -0.25) is 14.5 Å². The van der Waals surface area contributed by atoms with E-state index in [9.17, 15) is 14.9 Å². The van der Waals surface area contributed by atoms with Crippen LogP contribution in [0.5, 0.6) is 0 Å². The smallest absolute Gasteiger partial charge is 0.236 e. The standard InChI is InChI=1S/C23H35N5O2S/c1-3-28(4-2)22(30)17-27-14-12-26(13-15-27)11-10-21(29)25-23-19(16-24)18-8-6-5-7-9-20(18)31-23/h3-15,17H2,1-2H3,(H,25,29). The lowest BCUT2D eigenvalue weighted by molar-refractivity contribution is -0.132. The number of carbonyl (C=O) groups excluding carboxylic acids is 2. The maximum Gasteiger partial charge on any atom is 0.236 e. The van der Waals surface area contributed by atoms with Gasteiger partial charge in [0.25, 0.3) is 0 Å². The van der Waals surface area contributed by atoms with Crippen LogP contribution >= 0.6 is 11.3 Å². The van der Waals surface area contributed by atoms with Crippen molar-refractivity contribution in [3.05, 3.63) is 16.0 Å². The molecular formula is C23H35N5O2S. The van der Waals surface area contributed by atoms with Crippen molar-refractivity contribution in [2.75, 3.05) is 57.7 Å². The molecule has 3 rings (SSSR count). The van der Waals surface area contributed by atoms with Crippen LogP contribution in [-0.2, 0) is 22.4 Å². The summed E-state index contributed by atoms with van der Waals surface area (Å²) in [4.78, 5) is 32.5. The van der Waals surface area contributed by atoms with E-state index in [2.05, 4.69) is 21.2 Å². The van der Waals surface area contributed by atoms with E-state index in [1.165, 1.54) is 11.3 Å². The first-order valence-electron chi connectivity index (χ1n) is 11.6. The summed E-state index contributed by atoms with van der Waals surface area (Å²) in [5, 5.41) is 13.4. The third-order valence-corrected chi connectivity index (χ3v) is 7.59. The maximum absolute atomic E-state index is 12.6. The fourth-order valence-electron chi connectivity index (χ4n) is 4.44. The fourth-order valence-corrected chi connectivity index (χ4v) is 5.69. The maximum atomic E-state index is 12.6. The topological polar surface area (TPSA) is 79.7 Å². The van der Waals surface area contributed by atoms with Crippen LogP contribution in [0.2, 0.25) is 0 Å². The molecule has 0 atom stereocenters. The van der Waals surface area contributed by atoms with Crippen molar-refractivity contribution in [3.8, 4) is 6.07 Å². The Hall–Kier alpha value is -1.95. The number of aryl methyl sites for hydroxylation is 1. The molecule has 0 saturated carbocycles. The monoisotopic (exact) mass is 445 g/mol. The first kappa shape index (κ1) is 23.7. The highest BCUT2D eigenvalue weighted by atomic mass is 32.1. The van der Waals surface area contributed by atoms with Crippen molar-refractivity contribution in [2.24, 2.45) is 0 Å². The van der Waals surface area contributed by atoms with E-state index in [-0.39, 0.29) is 11.8 Å². The number of fused-ring (bicyclic) bond motifs is 1. The van der Waals surface area contributed by atoms with Crippen LogP contribution in [-0.4, -0.2) is 78.9 Å². The van der Waals surface area contributed by atoms with Crippen LogP contribution in [0.3, 0.4) is 0 Å². The minimum absolute atomic E-state index is 0.0212. The highest BCUT2D eigenvalue weighted by molar-refractivity contribution is 7.16. The lowest BCUT2D eigenvalue weighted by Gasteiger charge is -2.35. The summed E-state index contributed by atoms with van der Waals surface area (Å²) in [6.45, 7) is 10.2. The van der Waals surface area contributed by atoms with Gasteiger partial charge in [-0.05, 0) is 45.1 Å². The summed E-state index contributed by atoms with van der Waals surface area (Å²) >= 11 is 1.59. The number of nitriles is 1. The van der Waals surface area contributed by atoms with Gasteiger partial charge in [-0.25, -0.2) is 0 Å². The largest absolute Gasteiger partial charge is 0.342 e. The third-order valence-electron chi connectivity index (χ3n) is 6.38. The van der Waals surface area contributed by atoms with Gasteiger partial charge in [0.1, 0.15) is 11.1 Å². The number of hydrogen-bond acceptors (Lipinski definition) is 6. The van der Waals surface area contributed by atoms with Gasteiger partial charge in [-0.2, -0.15) is 5.26 Å². The van der Waals surface area contributed by atoms with Gasteiger partial charge < -0.3 is 15.1 Å². The number of piperazine rings is 1. The Morgan fingerprint density at radius 2 is 1.74 bits per heavy atom.